The fourth-order valence-electron chi connectivity index (χ4n) is 2.16. The molecule has 1 aromatic carbocycles. The van der Waals surface area contributed by atoms with Crippen LogP contribution in [0, 0.1) is 0 Å². The molecule has 0 spiro atoms. The lowest BCUT2D eigenvalue weighted by Gasteiger charge is -2.04. The van der Waals surface area contributed by atoms with Gasteiger partial charge in [0.2, 0.25) is 10.0 Å². The molecule has 0 unspecified atom stereocenters. The summed E-state index contributed by atoms with van der Waals surface area (Å²) in [7, 11) is 0.702. The minimum absolute atomic E-state index is 0.304. The summed E-state index contributed by atoms with van der Waals surface area (Å²) in [5, 5.41) is 1.12. The van der Waals surface area contributed by atoms with Gasteiger partial charge in [-0.25, -0.2) is 13.1 Å². The normalized spacial score (nSPS) is 12.3. The largest absolute Gasteiger partial charge is 0.369 e. The Kier molecular flexibility index (Phi) is 5.20. The van der Waals surface area contributed by atoms with Crippen molar-refractivity contribution in [1.82, 2.24) is 14.6 Å². The number of sulfonamides is 1. The number of aliphatic imine (C=N–C) groups is 1. The summed E-state index contributed by atoms with van der Waals surface area (Å²) in [6, 6.07) is 5.92. The predicted molar refractivity (Wildman–Crippen MR) is 90.7 cm³/mol. The van der Waals surface area contributed by atoms with Crippen molar-refractivity contribution in [2.45, 2.75) is 13.0 Å². The van der Waals surface area contributed by atoms with Crippen LogP contribution in [-0.4, -0.2) is 51.5 Å². The average Bonchev–Trinajstić information content (AvgIpc) is 2.83. The van der Waals surface area contributed by atoms with E-state index in [1.54, 1.807) is 6.34 Å². The van der Waals surface area contributed by atoms with Gasteiger partial charge < -0.3 is 9.88 Å². The Balaban J connectivity index is 2.11. The van der Waals surface area contributed by atoms with Gasteiger partial charge >= 0.3 is 0 Å². The fraction of sp³-hybridized carbons (Fsp3) is 0.400. The number of hydrogen-bond donors (Lipinski definition) is 2. The lowest BCUT2D eigenvalue weighted by molar-refractivity contribution is 0.587. The van der Waals surface area contributed by atoms with E-state index in [4.69, 9.17) is 0 Å². The van der Waals surface area contributed by atoms with Gasteiger partial charge in [0.1, 0.15) is 0 Å². The van der Waals surface area contributed by atoms with Crippen LogP contribution in [0.15, 0.2) is 29.4 Å². The zero-order valence-corrected chi connectivity index (χ0v) is 13.9. The maximum absolute atomic E-state index is 11.2. The number of hydrogen-bond acceptors (Lipinski definition) is 3. The van der Waals surface area contributed by atoms with Crippen molar-refractivity contribution in [2.75, 3.05) is 26.9 Å². The molecule has 0 aliphatic rings. The van der Waals surface area contributed by atoms with E-state index in [0.717, 1.165) is 35.7 Å². The van der Waals surface area contributed by atoms with Crippen LogP contribution >= 0.6 is 0 Å². The molecule has 22 heavy (non-hydrogen) atoms. The third kappa shape index (κ3) is 4.85. The molecule has 0 saturated carbocycles. The molecular formula is C15H22N4O2S. The lowest BCUT2D eigenvalue weighted by atomic mass is 10.1. The second kappa shape index (κ2) is 6.93. The van der Waals surface area contributed by atoms with Gasteiger partial charge in [0.25, 0.3) is 0 Å². The van der Waals surface area contributed by atoms with Crippen LogP contribution in [0.25, 0.3) is 10.9 Å². The zero-order valence-electron chi connectivity index (χ0n) is 13.1. The monoisotopic (exact) mass is 322 g/mol. The fourth-order valence-corrected chi connectivity index (χ4v) is 2.59. The summed E-state index contributed by atoms with van der Waals surface area (Å²) < 4.78 is 24.9. The first-order chi connectivity index (χ1) is 10.3. The highest BCUT2D eigenvalue weighted by molar-refractivity contribution is 7.88. The van der Waals surface area contributed by atoms with Crippen LogP contribution in [0.5, 0.6) is 0 Å². The van der Waals surface area contributed by atoms with Gasteiger partial charge in [-0.1, -0.05) is 6.07 Å². The van der Waals surface area contributed by atoms with Crippen LogP contribution in [0.2, 0.25) is 0 Å². The molecule has 120 valence electrons. The molecular weight excluding hydrogens is 300 g/mol. The Morgan fingerprint density at radius 2 is 2.14 bits per heavy atom. The Morgan fingerprint density at radius 1 is 1.36 bits per heavy atom. The van der Waals surface area contributed by atoms with Crippen LogP contribution in [0.1, 0.15) is 11.1 Å². The minimum Gasteiger partial charge on any atom is -0.369 e. The molecule has 1 heterocycles. The quantitative estimate of drug-likeness (QED) is 0.597. The third-order valence-corrected chi connectivity index (χ3v) is 3.86. The van der Waals surface area contributed by atoms with E-state index < -0.39 is 10.0 Å². The molecule has 0 aliphatic heterocycles. The summed E-state index contributed by atoms with van der Waals surface area (Å²) in [6.45, 7) is 1.02. The summed E-state index contributed by atoms with van der Waals surface area (Å²) in [6.07, 6.45) is 5.79. The van der Waals surface area contributed by atoms with Crippen molar-refractivity contribution in [3.63, 3.8) is 0 Å². The molecule has 0 atom stereocenters. The second-order valence-electron chi connectivity index (χ2n) is 5.52. The van der Waals surface area contributed by atoms with E-state index in [-0.39, 0.29) is 0 Å². The van der Waals surface area contributed by atoms with Crippen LogP contribution in [-0.2, 0) is 23.0 Å². The predicted octanol–water partition coefficient (Wildman–Crippen LogP) is 1.35. The van der Waals surface area contributed by atoms with Crippen LogP contribution in [0.3, 0.4) is 0 Å². The number of rotatable bonds is 7. The van der Waals surface area contributed by atoms with E-state index >= 15 is 0 Å². The number of fused-ring (bicyclic) bond motifs is 1. The molecule has 0 aliphatic carbocycles. The molecule has 7 heteroatoms. The van der Waals surface area contributed by atoms with Gasteiger partial charge in [0, 0.05) is 44.3 Å². The van der Waals surface area contributed by atoms with E-state index in [0.29, 0.717) is 6.54 Å². The number of nitrogens with zero attached hydrogens (tertiary/aromatic N) is 2. The number of aromatic nitrogens is 1. The van der Waals surface area contributed by atoms with Gasteiger partial charge in [-0.05, 0) is 29.7 Å². The van der Waals surface area contributed by atoms with Gasteiger partial charge in [-0.3, -0.25) is 4.99 Å². The Morgan fingerprint density at radius 3 is 2.82 bits per heavy atom. The summed E-state index contributed by atoms with van der Waals surface area (Å²) in [5.41, 5.74) is 3.18. The van der Waals surface area contributed by atoms with E-state index in [9.17, 15) is 8.42 Å². The molecule has 0 saturated heterocycles. The van der Waals surface area contributed by atoms with Gasteiger partial charge in [-0.2, -0.15) is 0 Å². The van der Waals surface area contributed by atoms with Gasteiger partial charge in [0.05, 0.1) is 12.6 Å². The van der Waals surface area contributed by atoms with Gasteiger partial charge in [0.15, 0.2) is 0 Å². The molecule has 2 rings (SSSR count). The number of H-pyrrole nitrogens is 1. The van der Waals surface area contributed by atoms with E-state index in [1.165, 1.54) is 5.56 Å². The molecule has 0 radical (unpaired) electrons. The van der Waals surface area contributed by atoms with Crippen molar-refractivity contribution in [3.8, 4) is 0 Å². The molecule has 1 aromatic heterocycles. The maximum atomic E-state index is 11.2. The Bertz CT molecular complexity index is 763. The van der Waals surface area contributed by atoms with Crippen molar-refractivity contribution in [2.24, 2.45) is 4.99 Å². The summed E-state index contributed by atoms with van der Waals surface area (Å²) in [4.78, 5) is 9.48. The van der Waals surface area contributed by atoms with Crippen molar-refractivity contribution < 1.29 is 8.42 Å². The smallest absolute Gasteiger partial charge is 0.209 e. The third-order valence-electron chi connectivity index (χ3n) is 3.19. The zero-order chi connectivity index (χ0) is 16.2. The van der Waals surface area contributed by atoms with Crippen LogP contribution < -0.4 is 4.72 Å². The first kappa shape index (κ1) is 16.5. The standard InChI is InChI=1S/C15H22N4O2S/c1-19(2)11-16-7-6-13-10-17-15-5-4-12(8-14(13)15)9-18-22(3,20)21/h4-5,8,10-11,17-18H,6-7,9H2,1-3H3. The molecule has 6 nitrogen and oxygen atoms in total. The summed E-state index contributed by atoms with van der Waals surface area (Å²) >= 11 is 0. The molecule has 2 aromatic rings. The SMILES string of the molecule is CN(C)C=NCCc1c[nH]c2ccc(CNS(C)(=O)=O)cc12. The highest BCUT2D eigenvalue weighted by Crippen LogP contribution is 2.20. The minimum atomic E-state index is -3.18. The summed E-state index contributed by atoms with van der Waals surface area (Å²) in [5.74, 6) is 0. The van der Waals surface area contributed by atoms with E-state index in [1.807, 2.05) is 43.4 Å². The maximum Gasteiger partial charge on any atom is 0.209 e. The number of nitrogens with one attached hydrogen (secondary N) is 2. The number of aromatic amines is 1. The number of benzene rings is 1. The average molecular weight is 322 g/mol. The molecule has 0 fully saturated rings. The van der Waals surface area contributed by atoms with Crippen LogP contribution in [0.4, 0.5) is 0 Å². The van der Waals surface area contributed by atoms with E-state index in [2.05, 4.69) is 14.7 Å². The first-order valence-corrected chi connectivity index (χ1v) is 8.94. The highest BCUT2D eigenvalue weighted by Gasteiger charge is 2.06. The highest BCUT2D eigenvalue weighted by atomic mass is 32.2. The second-order valence-corrected chi connectivity index (χ2v) is 7.36. The first-order valence-electron chi connectivity index (χ1n) is 7.05. The Labute approximate surface area is 131 Å². The Hall–Kier alpha value is -1.86. The van der Waals surface area contributed by atoms with Crippen molar-refractivity contribution in [1.29, 1.82) is 0 Å². The lowest BCUT2D eigenvalue weighted by Crippen LogP contribution is -2.21. The topological polar surface area (TPSA) is 77.6 Å². The molecule has 0 amide bonds. The van der Waals surface area contributed by atoms with Crippen molar-refractivity contribution >= 4 is 27.3 Å². The molecule has 0 bridgehead atoms. The van der Waals surface area contributed by atoms with Crippen molar-refractivity contribution in [3.05, 3.63) is 35.5 Å². The molecule has 2 N–H and O–H groups in total. The van der Waals surface area contributed by atoms with Gasteiger partial charge in [-0.15, -0.1) is 0 Å².